The van der Waals surface area contributed by atoms with Crippen molar-refractivity contribution in [1.82, 2.24) is 10.2 Å². The first kappa shape index (κ1) is 29.1. The Kier molecular flexibility index (Phi) is 12.7. The third-order valence-electron chi connectivity index (χ3n) is 6.17. The molecule has 0 bridgehead atoms. The molecule has 2 rings (SSSR count). The number of carbonyl (C=O) groups excluding carboxylic acids is 3. The van der Waals surface area contributed by atoms with Crippen LogP contribution in [0, 0.1) is 5.92 Å². The molecule has 0 saturated carbocycles. The predicted molar refractivity (Wildman–Crippen MR) is 143 cm³/mol. The van der Waals surface area contributed by atoms with Gasteiger partial charge in [0.2, 0.25) is 11.8 Å². The molecule has 6 heteroatoms. The van der Waals surface area contributed by atoms with Crippen LogP contribution in [0.4, 0.5) is 0 Å². The maximum absolute atomic E-state index is 13.8. The van der Waals surface area contributed by atoms with Gasteiger partial charge < -0.3 is 15.0 Å². The van der Waals surface area contributed by atoms with Gasteiger partial charge in [0.05, 0.1) is 13.0 Å². The Balaban J connectivity index is 2.26. The van der Waals surface area contributed by atoms with Gasteiger partial charge in [0.15, 0.2) is 0 Å². The Hall–Kier alpha value is -3.15. The van der Waals surface area contributed by atoms with E-state index in [1.807, 2.05) is 60.7 Å². The number of benzene rings is 2. The predicted octanol–water partition coefficient (Wildman–Crippen LogP) is 5.47. The van der Waals surface area contributed by atoms with Crippen LogP contribution in [-0.2, 0) is 25.7 Å². The van der Waals surface area contributed by atoms with E-state index in [1.165, 1.54) is 0 Å². The number of unbranched alkanes of at least 4 members (excludes halogenated alkanes) is 1. The second-order valence-corrected chi connectivity index (χ2v) is 9.61. The number of hydrogen-bond acceptors (Lipinski definition) is 4. The van der Waals surface area contributed by atoms with Crippen molar-refractivity contribution < 1.29 is 19.1 Å². The van der Waals surface area contributed by atoms with Gasteiger partial charge in [0.25, 0.3) is 0 Å². The van der Waals surface area contributed by atoms with Crippen LogP contribution in [-0.4, -0.2) is 41.9 Å². The minimum Gasteiger partial charge on any atom is -0.466 e. The average molecular weight is 495 g/mol. The lowest BCUT2D eigenvalue weighted by atomic mass is 9.91. The fourth-order valence-corrected chi connectivity index (χ4v) is 4.29. The van der Waals surface area contributed by atoms with Crippen LogP contribution in [0.25, 0.3) is 0 Å². The van der Waals surface area contributed by atoms with Crippen LogP contribution >= 0.6 is 0 Å². The minimum atomic E-state index is -0.563. The number of nitrogens with zero attached hydrogens (tertiary/aromatic N) is 1. The maximum atomic E-state index is 13.8. The molecule has 0 spiro atoms. The summed E-state index contributed by atoms with van der Waals surface area (Å²) in [5.41, 5.74) is 1.93. The average Bonchev–Trinajstić information content (AvgIpc) is 2.87. The summed E-state index contributed by atoms with van der Waals surface area (Å²) in [6, 6.07) is 18.8. The van der Waals surface area contributed by atoms with E-state index in [1.54, 1.807) is 11.8 Å². The van der Waals surface area contributed by atoms with Crippen molar-refractivity contribution in [2.75, 3.05) is 13.2 Å². The smallest absolute Gasteiger partial charge is 0.306 e. The highest BCUT2D eigenvalue weighted by Crippen LogP contribution is 2.26. The van der Waals surface area contributed by atoms with E-state index in [2.05, 4.69) is 26.1 Å². The lowest BCUT2D eigenvalue weighted by Gasteiger charge is -2.33. The molecule has 1 N–H and O–H groups in total. The lowest BCUT2D eigenvalue weighted by molar-refractivity contribution is -0.145. The van der Waals surface area contributed by atoms with E-state index >= 15 is 0 Å². The second-order valence-electron chi connectivity index (χ2n) is 9.61. The Bertz CT molecular complexity index is 930. The number of carbonyl (C=O) groups is 3. The van der Waals surface area contributed by atoms with Crippen LogP contribution in [0.15, 0.2) is 60.7 Å². The van der Waals surface area contributed by atoms with E-state index in [0.717, 1.165) is 24.0 Å². The zero-order chi connectivity index (χ0) is 26.3. The number of nitrogens with one attached hydrogen (secondary N) is 1. The summed E-state index contributed by atoms with van der Waals surface area (Å²) in [7, 11) is 0. The van der Waals surface area contributed by atoms with Gasteiger partial charge in [-0.1, -0.05) is 87.9 Å². The zero-order valence-corrected chi connectivity index (χ0v) is 22.2. The van der Waals surface area contributed by atoms with Gasteiger partial charge in [-0.15, -0.1) is 0 Å². The standard InChI is InChI=1S/C30H42N2O4/c1-5-7-18-32(27(19-23(3)4)30(35)31-22-24-14-10-8-11-15-24)28(33)20-26(21-29(34)36-6-2)25-16-12-9-13-17-25/h8-17,23,26-27H,5-7,18-22H2,1-4H3,(H,31,35)/t26-,27-/m1/s1. The molecule has 0 aromatic heterocycles. The molecular weight excluding hydrogens is 452 g/mol. The number of ether oxygens (including phenoxy) is 1. The summed E-state index contributed by atoms with van der Waals surface area (Å²) in [5, 5.41) is 3.04. The highest BCUT2D eigenvalue weighted by molar-refractivity contribution is 5.88. The summed E-state index contributed by atoms with van der Waals surface area (Å²) in [5.74, 6) is -0.646. The molecule has 0 aliphatic heterocycles. The van der Waals surface area contributed by atoms with Crippen molar-refractivity contribution in [3.63, 3.8) is 0 Å². The third kappa shape index (κ3) is 9.84. The van der Waals surface area contributed by atoms with Gasteiger partial charge >= 0.3 is 5.97 Å². The van der Waals surface area contributed by atoms with E-state index in [4.69, 9.17) is 4.74 Å². The maximum Gasteiger partial charge on any atom is 0.306 e. The Morgan fingerprint density at radius 1 is 0.917 bits per heavy atom. The van der Waals surface area contributed by atoms with Crippen LogP contribution < -0.4 is 5.32 Å². The van der Waals surface area contributed by atoms with Crippen molar-refractivity contribution in [2.24, 2.45) is 5.92 Å². The van der Waals surface area contributed by atoms with Crippen LogP contribution in [0.5, 0.6) is 0 Å². The summed E-state index contributed by atoms with van der Waals surface area (Å²) in [6.45, 7) is 9.20. The molecule has 6 nitrogen and oxygen atoms in total. The zero-order valence-electron chi connectivity index (χ0n) is 22.2. The fraction of sp³-hybridized carbons (Fsp3) is 0.500. The Labute approximate surface area is 216 Å². The van der Waals surface area contributed by atoms with E-state index in [9.17, 15) is 14.4 Å². The topological polar surface area (TPSA) is 75.7 Å². The molecule has 0 aliphatic carbocycles. The van der Waals surface area contributed by atoms with E-state index < -0.39 is 6.04 Å². The molecule has 0 aliphatic rings. The third-order valence-corrected chi connectivity index (χ3v) is 6.17. The van der Waals surface area contributed by atoms with Crippen LogP contribution in [0.1, 0.15) is 76.8 Å². The number of amides is 2. The Morgan fingerprint density at radius 3 is 2.14 bits per heavy atom. The molecular formula is C30H42N2O4. The number of esters is 1. The molecule has 0 radical (unpaired) electrons. The minimum absolute atomic E-state index is 0.109. The summed E-state index contributed by atoms with van der Waals surface area (Å²) in [4.78, 5) is 41.3. The van der Waals surface area contributed by atoms with Gasteiger partial charge in [-0.25, -0.2) is 0 Å². The van der Waals surface area contributed by atoms with Crippen molar-refractivity contribution in [1.29, 1.82) is 0 Å². The van der Waals surface area contributed by atoms with Crippen LogP contribution in [0.2, 0.25) is 0 Å². The SMILES string of the molecule is CCCCN(C(=O)C[C@H](CC(=O)OCC)c1ccccc1)[C@H](CC(C)C)C(=O)NCc1ccccc1. The molecule has 2 atom stereocenters. The molecule has 196 valence electrons. The van der Waals surface area contributed by atoms with Gasteiger partial charge in [-0.05, 0) is 36.8 Å². The molecule has 0 fully saturated rings. The first-order valence-electron chi connectivity index (χ1n) is 13.2. The lowest BCUT2D eigenvalue weighted by Crippen LogP contribution is -2.50. The second kappa shape index (κ2) is 15.8. The molecule has 2 aromatic rings. The van der Waals surface area contributed by atoms with Gasteiger partial charge in [0, 0.05) is 25.4 Å². The quantitative estimate of drug-likeness (QED) is 0.333. The number of rotatable bonds is 15. The molecule has 0 heterocycles. The first-order valence-corrected chi connectivity index (χ1v) is 13.2. The summed E-state index contributed by atoms with van der Waals surface area (Å²) >= 11 is 0. The molecule has 2 aromatic carbocycles. The van der Waals surface area contributed by atoms with Crippen molar-refractivity contribution in [3.05, 3.63) is 71.8 Å². The van der Waals surface area contributed by atoms with Crippen molar-refractivity contribution in [3.8, 4) is 0 Å². The largest absolute Gasteiger partial charge is 0.466 e. The highest BCUT2D eigenvalue weighted by atomic mass is 16.5. The highest BCUT2D eigenvalue weighted by Gasteiger charge is 2.32. The molecule has 0 unspecified atom stereocenters. The summed E-state index contributed by atoms with van der Waals surface area (Å²) < 4.78 is 5.19. The van der Waals surface area contributed by atoms with Crippen molar-refractivity contribution >= 4 is 17.8 Å². The normalized spacial score (nSPS) is 12.6. The fourth-order valence-electron chi connectivity index (χ4n) is 4.29. The first-order chi connectivity index (χ1) is 17.3. The van der Waals surface area contributed by atoms with Gasteiger partial charge in [0.1, 0.15) is 6.04 Å². The molecule has 0 saturated heterocycles. The van der Waals surface area contributed by atoms with Crippen molar-refractivity contribution in [2.45, 2.75) is 78.3 Å². The monoisotopic (exact) mass is 494 g/mol. The van der Waals surface area contributed by atoms with E-state index in [-0.39, 0.29) is 42.5 Å². The summed E-state index contributed by atoms with van der Waals surface area (Å²) in [6.07, 6.45) is 2.56. The number of hydrogen-bond donors (Lipinski definition) is 1. The molecule has 2 amide bonds. The van der Waals surface area contributed by atoms with Crippen LogP contribution in [0.3, 0.4) is 0 Å². The molecule has 36 heavy (non-hydrogen) atoms. The van der Waals surface area contributed by atoms with E-state index in [0.29, 0.717) is 26.1 Å². The Morgan fingerprint density at radius 2 is 1.56 bits per heavy atom. The van der Waals surface area contributed by atoms with Gasteiger partial charge in [-0.3, -0.25) is 14.4 Å². The van der Waals surface area contributed by atoms with Gasteiger partial charge in [-0.2, -0.15) is 0 Å².